The van der Waals surface area contributed by atoms with Gasteiger partial charge in [0.15, 0.2) is 16.6 Å². The van der Waals surface area contributed by atoms with Crippen LogP contribution in [-0.4, -0.2) is 49.7 Å². The molecule has 0 aliphatic carbocycles. The minimum absolute atomic E-state index is 0.0740. The van der Waals surface area contributed by atoms with Crippen LogP contribution in [0.4, 0.5) is 5.82 Å². The van der Waals surface area contributed by atoms with Gasteiger partial charge in [0, 0.05) is 13.1 Å². The van der Waals surface area contributed by atoms with E-state index in [4.69, 9.17) is 20.5 Å². The molecule has 13 nitrogen and oxygen atoms in total. The Morgan fingerprint density at radius 2 is 2.03 bits per heavy atom. The molecule has 0 fully saturated rings. The van der Waals surface area contributed by atoms with Crippen molar-refractivity contribution in [1.29, 1.82) is 0 Å². The highest BCUT2D eigenvalue weighted by Gasteiger charge is 2.25. The highest BCUT2D eigenvalue weighted by Crippen LogP contribution is 2.26. The van der Waals surface area contributed by atoms with E-state index in [0.717, 1.165) is 0 Å². The Hall–Kier alpha value is -3.74. The number of amides is 2. The molecule has 14 heteroatoms. The van der Waals surface area contributed by atoms with Crippen LogP contribution in [0.5, 0.6) is 0 Å². The first kappa shape index (κ1) is 20.0. The third-order valence-corrected chi connectivity index (χ3v) is 4.13. The minimum Gasteiger partial charge on any atom is -0.459 e. The van der Waals surface area contributed by atoms with Crippen LogP contribution in [0.2, 0.25) is 5.02 Å². The molecule has 3 heterocycles. The second-order valence-electron chi connectivity index (χ2n) is 5.64. The van der Waals surface area contributed by atoms with Gasteiger partial charge in [-0.25, -0.2) is 0 Å². The summed E-state index contributed by atoms with van der Waals surface area (Å²) in [5, 5.41) is 23.3. The summed E-state index contributed by atoms with van der Waals surface area (Å²) in [6, 6.07) is 3.09. The molecule has 0 aliphatic rings. The molecule has 3 aromatic rings. The molecule has 0 spiro atoms. The van der Waals surface area contributed by atoms with Gasteiger partial charge in [0.1, 0.15) is 6.54 Å². The summed E-state index contributed by atoms with van der Waals surface area (Å²) in [4.78, 5) is 37.8. The van der Waals surface area contributed by atoms with Gasteiger partial charge in [0.25, 0.3) is 5.91 Å². The molecule has 29 heavy (non-hydrogen) atoms. The van der Waals surface area contributed by atoms with Crippen molar-refractivity contribution in [3.63, 3.8) is 0 Å². The molecular weight excluding hydrogens is 410 g/mol. The number of nitrogens with one attached hydrogen (secondary N) is 2. The SMILES string of the molecule is Cc1c(Cl)c([N+](=O)[O-])nn1Cc1noc(C(=O)NCCNC(=O)c2ccco2)n1. The molecular formula is C15H14ClN7O6. The zero-order valence-corrected chi connectivity index (χ0v) is 15.7. The average molecular weight is 424 g/mol. The van der Waals surface area contributed by atoms with Crippen LogP contribution in [-0.2, 0) is 6.54 Å². The Bertz CT molecular complexity index is 1040. The van der Waals surface area contributed by atoms with E-state index < -0.39 is 22.6 Å². The minimum atomic E-state index is -0.703. The summed E-state index contributed by atoms with van der Waals surface area (Å²) in [6.07, 6.45) is 1.38. The fourth-order valence-corrected chi connectivity index (χ4v) is 2.45. The number of furan rings is 1. The second kappa shape index (κ2) is 8.52. The maximum Gasteiger partial charge on any atom is 0.408 e. The standard InChI is InChI=1S/C15H14ClN7O6/c1-8-11(16)12(23(26)27)20-22(8)7-10-19-15(29-21-10)14(25)18-5-4-17-13(24)9-3-2-6-28-9/h2-3,6H,4-5,7H2,1H3,(H,17,24)(H,18,25). The Kier molecular flexibility index (Phi) is 5.87. The number of nitrogens with zero attached hydrogens (tertiary/aromatic N) is 5. The molecule has 0 aliphatic heterocycles. The number of rotatable bonds is 8. The van der Waals surface area contributed by atoms with E-state index in [9.17, 15) is 19.7 Å². The number of halogens is 1. The predicted molar refractivity (Wildman–Crippen MR) is 95.4 cm³/mol. The smallest absolute Gasteiger partial charge is 0.408 e. The number of hydrogen-bond donors (Lipinski definition) is 2. The van der Waals surface area contributed by atoms with Gasteiger partial charge in [-0.05, 0) is 24.0 Å². The maximum absolute atomic E-state index is 12.0. The van der Waals surface area contributed by atoms with Gasteiger partial charge in [0.2, 0.25) is 0 Å². The molecule has 0 saturated heterocycles. The van der Waals surface area contributed by atoms with E-state index in [-0.39, 0.29) is 42.1 Å². The predicted octanol–water partition coefficient (Wildman–Crippen LogP) is 0.937. The highest BCUT2D eigenvalue weighted by molar-refractivity contribution is 6.33. The number of hydrogen-bond acceptors (Lipinski definition) is 9. The number of carbonyl (C=O) groups excluding carboxylic acids is 2. The van der Waals surface area contributed by atoms with Crippen molar-refractivity contribution in [2.45, 2.75) is 13.5 Å². The fourth-order valence-electron chi connectivity index (χ4n) is 2.25. The molecule has 2 N–H and O–H groups in total. The third-order valence-electron chi connectivity index (χ3n) is 3.68. The topological polar surface area (TPSA) is 171 Å². The second-order valence-corrected chi connectivity index (χ2v) is 6.02. The van der Waals surface area contributed by atoms with E-state index in [1.165, 1.54) is 17.0 Å². The van der Waals surface area contributed by atoms with Crippen molar-refractivity contribution in [2.75, 3.05) is 13.1 Å². The van der Waals surface area contributed by atoms with Gasteiger partial charge in [-0.1, -0.05) is 16.8 Å². The van der Waals surface area contributed by atoms with E-state index in [1.54, 1.807) is 13.0 Å². The van der Waals surface area contributed by atoms with Crippen molar-refractivity contribution in [3.05, 3.63) is 56.7 Å². The van der Waals surface area contributed by atoms with Gasteiger partial charge in [-0.3, -0.25) is 9.59 Å². The van der Waals surface area contributed by atoms with Gasteiger partial charge >= 0.3 is 17.6 Å². The molecule has 0 bridgehead atoms. The van der Waals surface area contributed by atoms with Crippen LogP contribution >= 0.6 is 11.6 Å². The normalized spacial score (nSPS) is 10.7. The van der Waals surface area contributed by atoms with E-state index in [0.29, 0.717) is 5.69 Å². The summed E-state index contributed by atoms with van der Waals surface area (Å²) in [5.74, 6) is -1.60. The van der Waals surface area contributed by atoms with E-state index in [2.05, 4.69) is 25.9 Å². The van der Waals surface area contributed by atoms with Crippen LogP contribution in [0, 0.1) is 17.0 Å². The first-order valence-corrected chi connectivity index (χ1v) is 8.54. The largest absolute Gasteiger partial charge is 0.459 e. The summed E-state index contributed by atoms with van der Waals surface area (Å²) in [5.41, 5.74) is 0.349. The van der Waals surface area contributed by atoms with E-state index >= 15 is 0 Å². The number of aromatic nitrogens is 4. The lowest BCUT2D eigenvalue weighted by Crippen LogP contribution is -2.34. The molecule has 2 amide bonds. The highest BCUT2D eigenvalue weighted by atomic mass is 35.5. The van der Waals surface area contributed by atoms with Gasteiger partial charge in [-0.2, -0.15) is 9.67 Å². The molecule has 3 rings (SSSR count). The quantitative estimate of drug-likeness (QED) is 0.303. The number of nitro groups is 1. The molecule has 0 saturated carbocycles. The van der Waals surface area contributed by atoms with Gasteiger partial charge < -0.3 is 29.7 Å². The third kappa shape index (κ3) is 4.57. The zero-order valence-electron chi connectivity index (χ0n) is 14.9. The van der Waals surface area contributed by atoms with E-state index in [1.807, 2.05) is 0 Å². The van der Waals surface area contributed by atoms with Gasteiger partial charge in [0.05, 0.1) is 17.1 Å². The molecule has 0 unspecified atom stereocenters. The first-order valence-electron chi connectivity index (χ1n) is 8.16. The molecule has 0 aromatic carbocycles. The molecule has 3 aromatic heterocycles. The van der Waals surface area contributed by atoms with Crippen LogP contribution in [0.1, 0.15) is 32.8 Å². The Labute approximate surface area is 167 Å². The number of carbonyl (C=O) groups is 2. The van der Waals surface area contributed by atoms with Crippen molar-refractivity contribution in [2.24, 2.45) is 0 Å². The summed E-state index contributed by atoms with van der Waals surface area (Å²) in [6.45, 7) is 1.74. The lowest BCUT2D eigenvalue weighted by Gasteiger charge is -2.03. The molecule has 0 radical (unpaired) electrons. The van der Waals surface area contributed by atoms with Gasteiger partial charge in [-0.15, -0.1) is 0 Å². The first-order chi connectivity index (χ1) is 13.9. The summed E-state index contributed by atoms with van der Waals surface area (Å²) < 4.78 is 11.0. The van der Waals surface area contributed by atoms with Crippen molar-refractivity contribution >= 4 is 29.2 Å². The van der Waals surface area contributed by atoms with Crippen LogP contribution < -0.4 is 10.6 Å². The van der Waals surface area contributed by atoms with Crippen molar-refractivity contribution in [3.8, 4) is 0 Å². The molecule has 0 atom stereocenters. The van der Waals surface area contributed by atoms with Crippen LogP contribution in [0.15, 0.2) is 27.3 Å². The Morgan fingerprint density at radius 1 is 1.31 bits per heavy atom. The van der Waals surface area contributed by atoms with Crippen LogP contribution in [0.25, 0.3) is 0 Å². The molecule has 152 valence electrons. The maximum atomic E-state index is 12.0. The lowest BCUT2D eigenvalue weighted by molar-refractivity contribution is -0.389. The van der Waals surface area contributed by atoms with Crippen LogP contribution in [0.3, 0.4) is 0 Å². The lowest BCUT2D eigenvalue weighted by atomic mass is 10.4. The Morgan fingerprint density at radius 3 is 2.66 bits per heavy atom. The average Bonchev–Trinajstić information content (AvgIpc) is 3.43. The monoisotopic (exact) mass is 423 g/mol. The zero-order chi connectivity index (χ0) is 21.0. The summed E-state index contributed by atoms with van der Waals surface area (Å²) in [7, 11) is 0. The Balaban J connectivity index is 1.52. The summed E-state index contributed by atoms with van der Waals surface area (Å²) >= 11 is 5.87. The van der Waals surface area contributed by atoms with Crippen molar-refractivity contribution < 1.29 is 23.5 Å². The van der Waals surface area contributed by atoms with Crippen molar-refractivity contribution in [1.82, 2.24) is 30.6 Å². The fraction of sp³-hybridized carbons (Fsp3) is 0.267.